The minimum absolute atomic E-state index is 0.389. The van der Waals surface area contributed by atoms with Gasteiger partial charge in [0, 0.05) is 9.50 Å². The first-order valence-electron chi connectivity index (χ1n) is 5.23. The Bertz CT molecular complexity index is 628. The minimum Gasteiger partial charge on any atom is -0.507 e. The molecule has 2 rings (SSSR count). The number of aromatic hydroxyl groups is 1. The van der Waals surface area contributed by atoms with E-state index in [1.54, 1.807) is 12.1 Å². The molecule has 98 valence electrons. The second-order valence-corrected chi connectivity index (χ2v) is 5.00. The number of phenolic OH excluding ortho intramolecular Hbond substituents is 1. The smallest absolute Gasteiger partial charge is 0.262 e. The topological polar surface area (TPSA) is 49.3 Å². The van der Waals surface area contributed by atoms with Crippen molar-refractivity contribution in [2.75, 3.05) is 5.32 Å². The molecule has 1 amide bonds. The van der Waals surface area contributed by atoms with Gasteiger partial charge >= 0.3 is 0 Å². The van der Waals surface area contributed by atoms with Crippen molar-refractivity contribution in [3.63, 3.8) is 0 Å². The van der Waals surface area contributed by atoms with Crippen molar-refractivity contribution < 1.29 is 14.3 Å². The van der Waals surface area contributed by atoms with Gasteiger partial charge in [0.2, 0.25) is 0 Å². The Morgan fingerprint density at radius 3 is 2.74 bits per heavy atom. The predicted molar refractivity (Wildman–Crippen MR) is 75.2 cm³/mol. The van der Waals surface area contributed by atoms with Crippen molar-refractivity contribution >= 4 is 39.1 Å². The van der Waals surface area contributed by atoms with E-state index < -0.39 is 23.0 Å². The van der Waals surface area contributed by atoms with Crippen LogP contribution in [0.4, 0.5) is 10.1 Å². The van der Waals surface area contributed by atoms with Crippen LogP contribution in [0.3, 0.4) is 0 Å². The van der Waals surface area contributed by atoms with Gasteiger partial charge in [-0.2, -0.15) is 0 Å². The summed E-state index contributed by atoms with van der Waals surface area (Å²) in [5, 5.41) is 12.4. The minimum atomic E-state index is -0.796. The van der Waals surface area contributed by atoms with E-state index in [0.29, 0.717) is 15.2 Å². The van der Waals surface area contributed by atoms with E-state index in [4.69, 9.17) is 11.6 Å². The molecule has 0 aromatic heterocycles. The summed E-state index contributed by atoms with van der Waals surface area (Å²) in [6, 6.07) is 8.46. The molecule has 6 heteroatoms. The Labute approximate surface area is 122 Å². The number of phenols is 1. The quantitative estimate of drug-likeness (QED) is 0.858. The summed E-state index contributed by atoms with van der Waals surface area (Å²) in [6.07, 6.45) is 0. The third-order valence-electron chi connectivity index (χ3n) is 2.40. The lowest BCUT2D eigenvalue weighted by Gasteiger charge is -2.09. The largest absolute Gasteiger partial charge is 0.507 e. The highest BCUT2D eigenvalue weighted by Crippen LogP contribution is 2.28. The number of nitrogens with one attached hydrogen (secondary N) is 1. The molecule has 0 aliphatic rings. The number of hydrogen-bond donors (Lipinski definition) is 2. The van der Waals surface area contributed by atoms with Crippen molar-refractivity contribution in [2.45, 2.75) is 0 Å². The zero-order valence-corrected chi connectivity index (χ0v) is 11.8. The van der Waals surface area contributed by atoms with Crippen LogP contribution in [0.1, 0.15) is 10.4 Å². The molecule has 0 fully saturated rings. The van der Waals surface area contributed by atoms with Crippen LogP contribution >= 0.6 is 27.5 Å². The van der Waals surface area contributed by atoms with Crippen molar-refractivity contribution in [3.05, 3.63) is 57.3 Å². The van der Waals surface area contributed by atoms with Gasteiger partial charge in [-0.1, -0.05) is 17.7 Å². The maximum Gasteiger partial charge on any atom is 0.262 e. The first-order chi connectivity index (χ1) is 8.99. The Morgan fingerprint density at radius 2 is 2.05 bits per heavy atom. The van der Waals surface area contributed by atoms with Crippen molar-refractivity contribution in [1.29, 1.82) is 0 Å². The van der Waals surface area contributed by atoms with Gasteiger partial charge in [0.1, 0.15) is 17.1 Å². The maximum absolute atomic E-state index is 13.5. The van der Waals surface area contributed by atoms with E-state index in [1.807, 2.05) is 0 Å². The highest BCUT2D eigenvalue weighted by atomic mass is 79.9. The molecular formula is C13H8BrClFNO2. The molecule has 2 N–H and O–H groups in total. The lowest BCUT2D eigenvalue weighted by atomic mass is 10.1. The highest BCUT2D eigenvalue weighted by molar-refractivity contribution is 9.10. The fourth-order valence-electron chi connectivity index (χ4n) is 1.52. The summed E-state index contributed by atoms with van der Waals surface area (Å²) in [5.74, 6) is -1.97. The van der Waals surface area contributed by atoms with Crippen LogP contribution in [0.5, 0.6) is 5.75 Å². The van der Waals surface area contributed by atoms with Gasteiger partial charge in [0.15, 0.2) is 0 Å². The summed E-state index contributed by atoms with van der Waals surface area (Å²) in [4.78, 5) is 11.9. The predicted octanol–water partition coefficient (Wildman–Crippen LogP) is 4.20. The maximum atomic E-state index is 13.5. The molecule has 19 heavy (non-hydrogen) atoms. The third-order valence-corrected chi connectivity index (χ3v) is 3.32. The zero-order chi connectivity index (χ0) is 14.0. The van der Waals surface area contributed by atoms with Crippen LogP contribution < -0.4 is 5.32 Å². The van der Waals surface area contributed by atoms with E-state index >= 15 is 0 Å². The zero-order valence-electron chi connectivity index (χ0n) is 9.45. The molecule has 0 saturated heterocycles. The molecule has 0 unspecified atom stereocenters. The Hall–Kier alpha value is -1.59. The number of carbonyl (C=O) groups is 1. The molecule has 0 aliphatic heterocycles. The lowest BCUT2D eigenvalue weighted by molar-refractivity contribution is 0.102. The van der Waals surface area contributed by atoms with Gasteiger partial charge in [-0.3, -0.25) is 4.79 Å². The molecule has 0 heterocycles. The summed E-state index contributed by atoms with van der Waals surface area (Å²) in [6.45, 7) is 0. The summed E-state index contributed by atoms with van der Waals surface area (Å²) in [5.41, 5.74) is -0.0190. The number of carbonyl (C=O) groups excluding carboxylic acids is 1. The molecule has 3 nitrogen and oxygen atoms in total. The van der Waals surface area contributed by atoms with E-state index in [2.05, 4.69) is 21.2 Å². The Kier molecular flexibility index (Phi) is 4.07. The third kappa shape index (κ3) is 3.05. The fourth-order valence-corrected chi connectivity index (χ4v) is 2.03. The van der Waals surface area contributed by atoms with Crippen LogP contribution in [0, 0.1) is 5.82 Å². The van der Waals surface area contributed by atoms with Gasteiger partial charge in [0.05, 0.1) is 5.69 Å². The number of anilines is 1. The fraction of sp³-hybridized carbons (Fsp3) is 0. The molecule has 0 aliphatic carbocycles. The van der Waals surface area contributed by atoms with E-state index in [9.17, 15) is 14.3 Å². The van der Waals surface area contributed by atoms with Crippen LogP contribution in [-0.2, 0) is 0 Å². The number of amides is 1. The molecule has 0 radical (unpaired) electrons. The van der Waals surface area contributed by atoms with Crippen LogP contribution in [-0.4, -0.2) is 11.0 Å². The van der Waals surface area contributed by atoms with Gasteiger partial charge < -0.3 is 10.4 Å². The molecular weight excluding hydrogens is 337 g/mol. The van der Waals surface area contributed by atoms with E-state index in [1.165, 1.54) is 18.2 Å². The van der Waals surface area contributed by atoms with E-state index in [0.717, 1.165) is 6.07 Å². The first kappa shape index (κ1) is 13.8. The second kappa shape index (κ2) is 5.59. The summed E-state index contributed by atoms with van der Waals surface area (Å²) < 4.78 is 14.1. The molecule has 0 spiro atoms. The number of benzene rings is 2. The monoisotopic (exact) mass is 343 g/mol. The Balaban J connectivity index is 2.34. The average Bonchev–Trinajstić information content (AvgIpc) is 2.33. The average molecular weight is 345 g/mol. The van der Waals surface area contributed by atoms with Crippen molar-refractivity contribution in [3.8, 4) is 5.75 Å². The molecule has 2 aromatic rings. The Morgan fingerprint density at radius 1 is 1.32 bits per heavy atom. The second-order valence-electron chi connectivity index (χ2n) is 3.71. The van der Waals surface area contributed by atoms with Crippen LogP contribution in [0.25, 0.3) is 0 Å². The summed E-state index contributed by atoms with van der Waals surface area (Å²) in [7, 11) is 0. The van der Waals surface area contributed by atoms with Gasteiger partial charge in [-0.05, 0) is 46.3 Å². The molecule has 0 saturated carbocycles. The number of halogens is 3. The highest BCUT2D eigenvalue weighted by Gasteiger charge is 2.17. The van der Waals surface area contributed by atoms with Crippen LogP contribution in [0.15, 0.2) is 40.9 Å². The normalized spacial score (nSPS) is 10.3. The molecule has 2 aromatic carbocycles. The van der Waals surface area contributed by atoms with Crippen molar-refractivity contribution in [1.82, 2.24) is 0 Å². The van der Waals surface area contributed by atoms with E-state index in [-0.39, 0.29) is 0 Å². The first-order valence-corrected chi connectivity index (χ1v) is 6.40. The number of rotatable bonds is 2. The standard InChI is InChI=1S/C13H8BrClFNO2/c14-8-5-4-7(15)6-10(8)17-13(19)12-9(16)2-1-3-11(12)18/h1-6,18H,(H,17,19). The number of hydrogen-bond acceptors (Lipinski definition) is 2. The SMILES string of the molecule is O=C(Nc1cc(Cl)ccc1Br)c1c(O)cccc1F. The van der Waals surface area contributed by atoms with Gasteiger partial charge in [0.25, 0.3) is 5.91 Å². The summed E-state index contributed by atoms with van der Waals surface area (Å²) >= 11 is 9.05. The van der Waals surface area contributed by atoms with Crippen molar-refractivity contribution in [2.24, 2.45) is 0 Å². The van der Waals surface area contributed by atoms with Gasteiger partial charge in [-0.15, -0.1) is 0 Å². The molecule has 0 bridgehead atoms. The lowest BCUT2D eigenvalue weighted by Crippen LogP contribution is -2.14. The van der Waals surface area contributed by atoms with Crippen LogP contribution in [0.2, 0.25) is 5.02 Å². The molecule has 0 atom stereocenters. The van der Waals surface area contributed by atoms with Gasteiger partial charge in [-0.25, -0.2) is 4.39 Å².